The average molecular weight is 302 g/mol. The van der Waals surface area contributed by atoms with Crippen molar-refractivity contribution < 1.29 is 4.79 Å². The minimum atomic E-state index is -0.142. The van der Waals surface area contributed by atoms with Crippen molar-refractivity contribution in [3.8, 4) is 0 Å². The zero-order valence-electron chi connectivity index (χ0n) is 13.8. The number of Topliss-reactive ketones (excluding diaryl/α,β-unsaturated/α-hetero) is 1. The van der Waals surface area contributed by atoms with Crippen LogP contribution in [0.2, 0.25) is 0 Å². The van der Waals surface area contributed by atoms with E-state index in [0.29, 0.717) is 6.42 Å². The van der Waals surface area contributed by atoms with E-state index in [9.17, 15) is 4.79 Å². The van der Waals surface area contributed by atoms with Crippen LogP contribution in [0.1, 0.15) is 42.6 Å². The lowest BCUT2D eigenvalue weighted by Crippen LogP contribution is -2.25. The van der Waals surface area contributed by atoms with E-state index in [1.54, 1.807) is 0 Å². The molecule has 0 amide bonds. The maximum absolute atomic E-state index is 12.7. The molecule has 0 N–H and O–H groups in total. The molecular formula is C22H22O. The number of carbonyl (C=O) groups excluding carboxylic acids is 1. The second kappa shape index (κ2) is 6.37. The number of rotatable bonds is 5. The standard InChI is InChI=1S/C22H22O/c1-3-22(2,16-21(23)18-10-5-4-6-11-18)20-14-13-17-9-7-8-12-19(17)15-20/h4-15H,3,16H2,1-2H3. The summed E-state index contributed by atoms with van der Waals surface area (Å²) in [4.78, 5) is 12.7. The van der Waals surface area contributed by atoms with Gasteiger partial charge in [-0.3, -0.25) is 4.79 Å². The van der Waals surface area contributed by atoms with Crippen molar-refractivity contribution in [2.75, 3.05) is 0 Å². The molecule has 116 valence electrons. The molecule has 1 nitrogen and oxygen atoms in total. The second-order valence-electron chi connectivity index (χ2n) is 6.44. The number of ketones is 1. The highest BCUT2D eigenvalue weighted by atomic mass is 16.1. The summed E-state index contributed by atoms with van der Waals surface area (Å²) in [7, 11) is 0. The Labute approximate surface area is 138 Å². The van der Waals surface area contributed by atoms with Crippen molar-refractivity contribution in [3.05, 3.63) is 83.9 Å². The third kappa shape index (κ3) is 3.19. The molecule has 0 aliphatic carbocycles. The first-order chi connectivity index (χ1) is 11.1. The average Bonchev–Trinajstić information content (AvgIpc) is 2.62. The van der Waals surface area contributed by atoms with Crippen LogP contribution >= 0.6 is 0 Å². The fourth-order valence-electron chi connectivity index (χ4n) is 3.08. The molecule has 0 bridgehead atoms. The predicted octanol–water partition coefficient (Wildman–Crippen LogP) is 5.78. The normalized spacial score (nSPS) is 13.7. The van der Waals surface area contributed by atoms with Crippen molar-refractivity contribution in [2.24, 2.45) is 0 Å². The Kier molecular flexibility index (Phi) is 4.29. The summed E-state index contributed by atoms with van der Waals surface area (Å²) in [6.45, 7) is 4.35. The van der Waals surface area contributed by atoms with Crippen molar-refractivity contribution in [1.82, 2.24) is 0 Å². The van der Waals surface area contributed by atoms with E-state index in [2.05, 4.69) is 56.3 Å². The van der Waals surface area contributed by atoms with E-state index in [4.69, 9.17) is 0 Å². The fraction of sp³-hybridized carbons (Fsp3) is 0.227. The van der Waals surface area contributed by atoms with Crippen LogP contribution in [-0.4, -0.2) is 5.78 Å². The summed E-state index contributed by atoms with van der Waals surface area (Å²) >= 11 is 0. The topological polar surface area (TPSA) is 17.1 Å². The Morgan fingerprint density at radius 1 is 0.870 bits per heavy atom. The van der Waals surface area contributed by atoms with Gasteiger partial charge in [-0.1, -0.05) is 86.6 Å². The maximum Gasteiger partial charge on any atom is 0.163 e. The fourth-order valence-corrected chi connectivity index (χ4v) is 3.08. The highest BCUT2D eigenvalue weighted by Crippen LogP contribution is 2.34. The van der Waals surface area contributed by atoms with Gasteiger partial charge < -0.3 is 0 Å². The first-order valence-electron chi connectivity index (χ1n) is 8.20. The van der Waals surface area contributed by atoms with Gasteiger partial charge in [-0.25, -0.2) is 0 Å². The highest BCUT2D eigenvalue weighted by molar-refractivity contribution is 5.97. The molecule has 3 aromatic carbocycles. The van der Waals surface area contributed by atoms with E-state index in [1.807, 2.05) is 30.3 Å². The summed E-state index contributed by atoms with van der Waals surface area (Å²) in [6.07, 6.45) is 1.47. The Bertz CT molecular complexity index is 820. The van der Waals surface area contributed by atoms with E-state index >= 15 is 0 Å². The van der Waals surface area contributed by atoms with E-state index in [-0.39, 0.29) is 11.2 Å². The molecule has 23 heavy (non-hydrogen) atoms. The van der Waals surface area contributed by atoms with Gasteiger partial charge in [0.1, 0.15) is 0 Å². The summed E-state index contributed by atoms with van der Waals surface area (Å²) < 4.78 is 0. The smallest absolute Gasteiger partial charge is 0.163 e. The van der Waals surface area contributed by atoms with Gasteiger partial charge in [-0.15, -0.1) is 0 Å². The number of benzene rings is 3. The first-order valence-corrected chi connectivity index (χ1v) is 8.20. The van der Waals surface area contributed by atoms with Crippen LogP contribution in [0.4, 0.5) is 0 Å². The van der Waals surface area contributed by atoms with Crippen LogP contribution in [0.5, 0.6) is 0 Å². The Morgan fingerprint density at radius 3 is 2.22 bits per heavy atom. The number of hydrogen-bond donors (Lipinski definition) is 0. The van der Waals surface area contributed by atoms with Crippen molar-refractivity contribution in [1.29, 1.82) is 0 Å². The largest absolute Gasteiger partial charge is 0.294 e. The van der Waals surface area contributed by atoms with Gasteiger partial charge in [0.15, 0.2) is 5.78 Å². The molecule has 0 spiro atoms. The van der Waals surface area contributed by atoms with Crippen LogP contribution in [0.15, 0.2) is 72.8 Å². The van der Waals surface area contributed by atoms with Gasteiger partial charge in [-0.05, 0) is 28.2 Å². The Morgan fingerprint density at radius 2 is 1.52 bits per heavy atom. The Balaban J connectivity index is 1.93. The van der Waals surface area contributed by atoms with Gasteiger partial charge in [0, 0.05) is 12.0 Å². The van der Waals surface area contributed by atoms with Crippen molar-refractivity contribution >= 4 is 16.6 Å². The second-order valence-corrected chi connectivity index (χ2v) is 6.44. The molecule has 0 aliphatic rings. The lowest BCUT2D eigenvalue weighted by Gasteiger charge is -2.28. The van der Waals surface area contributed by atoms with Crippen molar-refractivity contribution in [3.63, 3.8) is 0 Å². The third-order valence-electron chi connectivity index (χ3n) is 4.87. The monoisotopic (exact) mass is 302 g/mol. The lowest BCUT2D eigenvalue weighted by molar-refractivity contribution is 0.0952. The van der Waals surface area contributed by atoms with Gasteiger partial charge >= 0.3 is 0 Å². The number of hydrogen-bond acceptors (Lipinski definition) is 1. The van der Waals surface area contributed by atoms with E-state index in [1.165, 1.54) is 16.3 Å². The van der Waals surface area contributed by atoms with E-state index < -0.39 is 0 Å². The SMILES string of the molecule is CCC(C)(CC(=O)c1ccccc1)c1ccc2ccccc2c1. The number of carbonyl (C=O) groups is 1. The van der Waals surface area contributed by atoms with Crippen LogP contribution in [0.25, 0.3) is 10.8 Å². The van der Waals surface area contributed by atoms with E-state index in [0.717, 1.165) is 12.0 Å². The van der Waals surface area contributed by atoms with Crippen LogP contribution in [0, 0.1) is 0 Å². The summed E-state index contributed by atoms with van der Waals surface area (Å²) in [5.74, 6) is 0.211. The molecule has 0 aliphatic heterocycles. The molecule has 1 atom stereocenters. The quantitative estimate of drug-likeness (QED) is 0.546. The van der Waals surface area contributed by atoms with Crippen molar-refractivity contribution in [2.45, 2.75) is 32.1 Å². The van der Waals surface area contributed by atoms with Crippen LogP contribution in [-0.2, 0) is 5.41 Å². The molecule has 3 aromatic rings. The van der Waals surface area contributed by atoms with Crippen LogP contribution < -0.4 is 0 Å². The maximum atomic E-state index is 12.7. The summed E-state index contributed by atoms with van der Waals surface area (Å²) in [5.41, 5.74) is 1.90. The van der Waals surface area contributed by atoms with Crippen LogP contribution in [0.3, 0.4) is 0 Å². The zero-order valence-corrected chi connectivity index (χ0v) is 13.8. The molecule has 0 aromatic heterocycles. The van der Waals surface area contributed by atoms with Gasteiger partial charge in [0.05, 0.1) is 0 Å². The minimum absolute atomic E-state index is 0.142. The Hall–Kier alpha value is -2.41. The molecule has 0 heterocycles. The summed E-state index contributed by atoms with van der Waals surface area (Å²) in [6, 6.07) is 24.5. The predicted molar refractivity (Wildman–Crippen MR) is 97.0 cm³/mol. The molecule has 0 fully saturated rings. The lowest BCUT2D eigenvalue weighted by atomic mass is 9.75. The molecule has 0 saturated heterocycles. The molecule has 1 heteroatoms. The third-order valence-corrected chi connectivity index (χ3v) is 4.87. The number of fused-ring (bicyclic) bond motifs is 1. The van der Waals surface area contributed by atoms with Gasteiger partial charge in [0.25, 0.3) is 0 Å². The highest BCUT2D eigenvalue weighted by Gasteiger charge is 2.28. The first kappa shape index (κ1) is 15.5. The molecule has 0 radical (unpaired) electrons. The summed E-state index contributed by atoms with van der Waals surface area (Å²) in [5, 5.41) is 2.47. The zero-order chi connectivity index (χ0) is 16.3. The van der Waals surface area contributed by atoms with Gasteiger partial charge in [0.2, 0.25) is 0 Å². The molecular weight excluding hydrogens is 280 g/mol. The molecule has 0 saturated carbocycles. The minimum Gasteiger partial charge on any atom is -0.294 e. The molecule has 3 rings (SSSR count). The van der Waals surface area contributed by atoms with Gasteiger partial charge in [-0.2, -0.15) is 0 Å². The molecule has 1 unspecified atom stereocenters.